The smallest absolute Gasteiger partial charge is 0.238 e. The Bertz CT molecular complexity index is 1080. The number of nitrogens with zero attached hydrogens (tertiary/aromatic N) is 2. The molecule has 0 spiro atoms. The molecular formula is C24H33N3O4. The number of rotatable bonds is 9. The average molecular weight is 434 g/mol. The Hall–Kier alpha value is -2.61. The Morgan fingerprint density at radius 3 is 2.48 bits per heavy atom. The summed E-state index contributed by atoms with van der Waals surface area (Å²) in [4.78, 5) is 16.7. The molecule has 0 bridgehead atoms. The number of aliphatic hydroxyl groups is 1. The van der Waals surface area contributed by atoms with E-state index in [9.17, 15) is 9.90 Å². The fourth-order valence-corrected chi connectivity index (χ4v) is 3.51. The van der Waals surface area contributed by atoms with Crippen LogP contribution in [0.1, 0.15) is 19.4 Å². The van der Waals surface area contributed by atoms with Gasteiger partial charge in [-0.05, 0) is 37.1 Å². The van der Waals surface area contributed by atoms with Gasteiger partial charge in [-0.3, -0.25) is 14.6 Å². The fourth-order valence-electron chi connectivity index (χ4n) is 3.51. The molecule has 168 valence electrons. The Balaban J connectivity index is 1.44. The van der Waals surface area contributed by atoms with Crippen LogP contribution in [0.4, 0.5) is 5.69 Å². The zero-order valence-electron chi connectivity index (χ0n) is 23.9. The number of hydrogen-bond acceptors (Lipinski definition) is 6. The highest BCUT2D eigenvalue weighted by atomic mass is 16.5. The maximum atomic E-state index is 12.6. The Labute approximate surface area is 193 Å². The standard InChI is InChI=1S/C24H33N3O4/c1-18-7-6-8-19(2)24(18)25-23(29)16-27-13-11-26(12-14-27)15-20(28)17-31-22-10-5-4-9-21(22)30-3/h4-10,20,28H,11-17H2,1-3H3,(H,25,29)/i3D3,6D,7D,8D. The van der Waals surface area contributed by atoms with Crippen LogP contribution in [-0.2, 0) is 4.79 Å². The van der Waals surface area contributed by atoms with Crippen molar-refractivity contribution < 1.29 is 27.6 Å². The lowest BCUT2D eigenvalue weighted by molar-refractivity contribution is -0.117. The van der Waals surface area contributed by atoms with Crippen molar-refractivity contribution in [3.63, 3.8) is 0 Å². The van der Waals surface area contributed by atoms with Crippen LogP contribution in [0.15, 0.2) is 42.4 Å². The van der Waals surface area contributed by atoms with Crippen molar-refractivity contribution >= 4 is 11.6 Å². The highest BCUT2D eigenvalue weighted by molar-refractivity contribution is 5.93. The van der Waals surface area contributed by atoms with E-state index in [2.05, 4.69) is 10.2 Å². The van der Waals surface area contributed by atoms with E-state index in [0.29, 0.717) is 49.5 Å². The number of amides is 1. The van der Waals surface area contributed by atoms with Gasteiger partial charge in [0.05, 0.1) is 21.8 Å². The normalized spacial score (nSPS) is 19.2. The third-order valence-electron chi connectivity index (χ3n) is 5.21. The molecule has 1 aliphatic heterocycles. The van der Waals surface area contributed by atoms with Gasteiger partial charge in [0.1, 0.15) is 12.7 Å². The van der Waals surface area contributed by atoms with Gasteiger partial charge in [0, 0.05) is 38.4 Å². The molecule has 2 aromatic carbocycles. The zero-order valence-corrected chi connectivity index (χ0v) is 17.9. The minimum atomic E-state index is -2.60. The van der Waals surface area contributed by atoms with E-state index in [1.54, 1.807) is 32.0 Å². The molecule has 1 fully saturated rings. The van der Waals surface area contributed by atoms with E-state index in [0.717, 1.165) is 0 Å². The summed E-state index contributed by atoms with van der Waals surface area (Å²) in [6.07, 6.45) is -0.806. The van der Waals surface area contributed by atoms with Gasteiger partial charge >= 0.3 is 0 Å². The molecule has 1 aliphatic rings. The molecule has 0 radical (unpaired) electrons. The number of piperazine rings is 1. The van der Waals surface area contributed by atoms with Gasteiger partial charge in [-0.25, -0.2) is 0 Å². The van der Waals surface area contributed by atoms with Gasteiger partial charge in [0.2, 0.25) is 5.91 Å². The van der Waals surface area contributed by atoms with Crippen molar-refractivity contribution in [2.75, 3.05) is 58.2 Å². The molecule has 1 saturated heterocycles. The van der Waals surface area contributed by atoms with Crippen LogP contribution in [0, 0.1) is 13.8 Å². The van der Waals surface area contributed by atoms with Crippen LogP contribution in [0.2, 0.25) is 0 Å². The van der Waals surface area contributed by atoms with Crippen molar-refractivity contribution in [2.45, 2.75) is 20.0 Å². The zero-order chi connectivity index (χ0) is 27.3. The number of carbonyl (C=O) groups excluding carboxylic acids is 1. The second-order valence-corrected chi connectivity index (χ2v) is 7.64. The minimum Gasteiger partial charge on any atom is -0.493 e. The first-order valence-electron chi connectivity index (χ1n) is 13.3. The van der Waals surface area contributed by atoms with Crippen molar-refractivity contribution in [3.8, 4) is 11.5 Å². The van der Waals surface area contributed by atoms with Crippen molar-refractivity contribution in [3.05, 3.63) is 53.5 Å². The maximum Gasteiger partial charge on any atom is 0.238 e. The van der Waals surface area contributed by atoms with E-state index in [-0.39, 0.29) is 48.7 Å². The Kier molecular flexibility index (Phi) is 5.78. The van der Waals surface area contributed by atoms with Crippen LogP contribution in [0.5, 0.6) is 11.5 Å². The first kappa shape index (κ1) is 16.1. The molecule has 3 rings (SSSR count). The summed E-state index contributed by atoms with van der Waals surface area (Å²) >= 11 is 0. The fraction of sp³-hybridized carbons (Fsp3) is 0.458. The molecule has 0 aromatic heterocycles. The van der Waals surface area contributed by atoms with Crippen LogP contribution >= 0.6 is 0 Å². The number of hydrogen-bond donors (Lipinski definition) is 2. The second-order valence-electron chi connectivity index (χ2n) is 7.64. The van der Waals surface area contributed by atoms with E-state index < -0.39 is 13.1 Å². The summed E-state index contributed by atoms with van der Waals surface area (Å²) in [7, 11) is -2.60. The maximum absolute atomic E-state index is 12.6. The summed E-state index contributed by atoms with van der Waals surface area (Å²) in [5.41, 5.74) is 1.37. The first-order chi connectivity index (χ1) is 17.4. The first-order valence-corrected chi connectivity index (χ1v) is 10.3. The summed E-state index contributed by atoms with van der Waals surface area (Å²) in [5.74, 6) is 0.0782. The van der Waals surface area contributed by atoms with Crippen LogP contribution in [0.25, 0.3) is 0 Å². The van der Waals surface area contributed by atoms with Crippen molar-refractivity contribution in [1.82, 2.24) is 9.80 Å². The molecule has 0 aliphatic carbocycles. The molecule has 2 aromatic rings. The number of carbonyl (C=O) groups is 1. The minimum absolute atomic E-state index is 0.0320. The predicted octanol–water partition coefficient (Wildman–Crippen LogP) is 2.31. The van der Waals surface area contributed by atoms with Crippen molar-refractivity contribution in [2.24, 2.45) is 0 Å². The average Bonchev–Trinajstić information content (AvgIpc) is 2.84. The molecule has 31 heavy (non-hydrogen) atoms. The number of β-amino-alcohol motifs (C(OH)–C–C–N with tert-alkyl or cyclic N) is 1. The number of anilines is 1. The van der Waals surface area contributed by atoms with E-state index >= 15 is 0 Å². The number of ether oxygens (including phenoxy) is 2. The number of nitrogens with one attached hydrogen (secondary N) is 1. The Morgan fingerprint density at radius 2 is 1.81 bits per heavy atom. The quantitative estimate of drug-likeness (QED) is 0.632. The number of benzene rings is 2. The van der Waals surface area contributed by atoms with Gasteiger partial charge < -0.3 is 19.9 Å². The summed E-state index contributed by atoms with van der Waals surface area (Å²) in [6.45, 7) is 6.33. The van der Waals surface area contributed by atoms with E-state index in [1.165, 1.54) is 6.07 Å². The molecule has 2 N–H and O–H groups in total. The summed E-state index contributed by atoms with van der Waals surface area (Å²) in [5, 5.41) is 13.2. The van der Waals surface area contributed by atoms with Gasteiger partial charge in [0.25, 0.3) is 0 Å². The SMILES string of the molecule is [2H]c1c([2H])c(C)c(NC(=O)CN2CCN(CC(O)COc3ccccc3OC([2H])([2H])[2H])CC2)c(C)c1[2H]. The highest BCUT2D eigenvalue weighted by Crippen LogP contribution is 2.25. The van der Waals surface area contributed by atoms with E-state index in [4.69, 9.17) is 17.7 Å². The van der Waals surface area contributed by atoms with Crippen LogP contribution < -0.4 is 14.8 Å². The van der Waals surface area contributed by atoms with Gasteiger partial charge in [-0.2, -0.15) is 0 Å². The molecule has 1 heterocycles. The predicted molar refractivity (Wildman–Crippen MR) is 122 cm³/mol. The topological polar surface area (TPSA) is 74.3 Å². The lowest BCUT2D eigenvalue weighted by atomic mass is 10.1. The van der Waals surface area contributed by atoms with Crippen LogP contribution in [0.3, 0.4) is 0 Å². The second kappa shape index (κ2) is 11.1. The van der Waals surface area contributed by atoms with Gasteiger partial charge in [0.15, 0.2) is 11.5 Å². The molecule has 7 heteroatoms. The van der Waals surface area contributed by atoms with Crippen LogP contribution in [-0.4, -0.2) is 79.8 Å². The molecule has 0 saturated carbocycles. The lowest BCUT2D eigenvalue weighted by Crippen LogP contribution is -2.50. The lowest BCUT2D eigenvalue weighted by Gasteiger charge is -2.35. The number of para-hydroxylation sites is 3. The number of methoxy groups -OCH3 is 1. The largest absolute Gasteiger partial charge is 0.493 e. The van der Waals surface area contributed by atoms with E-state index in [1.807, 2.05) is 4.90 Å². The van der Waals surface area contributed by atoms with Gasteiger partial charge in [-0.1, -0.05) is 30.3 Å². The summed E-state index contributed by atoms with van der Waals surface area (Å²) < 4.78 is 56.1. The molecular weight excluding hydrogens is 394 g/mol. The Morgan fingerprint density at radius 1 is 1.16 bits per heavy atom. The molecule has 1 amide bonds. The monoisotopic (exact) mass is 433 g/mol. The van der Waals surface area contributed by atoms with Gasteiger partial charge in [-0.15, -0.1) is 0 Å². The molecule has 1 atom stereocenters. The third kappa shape index (κ3) is 6.69. The highest BCUT2D eigenvalue weighted by Gasteiger charge is 2.21. The third-order valence-corrected chi connectivity index (χ3v) is 5.21. The molecule has 1 unspecified atom stereocenters. The molecule has 7 nitrogen and oxygen atoms in total. The van der Waals surface area contributed by atoms with Crippen molar-refractivity contribution in [1.29, 1.82) is 0 Å². The summed E-state index contributed by atoms with van der Waals surface area (Å²) in [6, 6.07) is 6.13. The number of aliphatic hydroxyl groups excluding tert-OH is 1.